The zero-order valence-electron chi connectivity index (χ0n) is 13.9. The van der Waals surface area contributed by atoms with E-state index in [-0.39, 0.29) is 5.56 Å². The van der Waals surface area contributed by atoms with Gasteiger partial charge in [-0.2, -0.15) is 0 Å². The van der Waals surface area contributed by atoms with E-state index in [1.807, 2.05) is 30.3 Å². The molecule has 0 aliphatic heterocycles. The first-order chi connectivity index (χ1) is 12.7. The third-order valence-corrected chi connectivity index (χ3v) is 4.15. The van der Waals surface area contributed by atoms with Crippen molar-refractivity contribution >= 4 is 10.9 Å². The first-order valence-electron chi connectivity index (χ1n) is 8.23. The van der Waals surface area contributed by atoms with Gasteiger partial charge in [-0.1, -0.05) is 42.5 Å². The van der Waals surface area contributed by atoms with Gasteiger partial charge in [-0.15, -0.1) is 0 Å². The Bertz CT molecular complexity index is 1160. The first-order valence-corrected chi connectivity index (χ1v) is 8.23. The van der Waals surface area contributed by atoms with Gasteiger partial charge in [0.25, 0.3) is 5.56 Å². The highest BCUT2D eigenvalue weighted by Crippen LogP contribution is 2.16. The minimum Gasteiger partial charge on any atom is -0.489 e. The second kappa shape index (κ2) is 6.72. The third-order valence-electron chi connectivity index (χ3n) is 4.15. The van der Waals surface area contributed by atoms with Gasteiger partial charge in [0.2, 0.25) is 0 Å². The van der Waals surface area contributed by atoms with E-state index in [0.29, 0.717) is 28.9 Å². The smallest absolute Gasteiger partial charge is 0.333 e. The minimum absolute atomic E-state index is 0.345. The molecule has 0 atom stereocenters. The quantitative estimate of drug-likeness (QED) is 0.618. The van der Waals surface area contributed by atoms with Crippen LogP contribution in [0.1, 0.15) is 5.56 Å². The van der Waals surface area contributed by atoms with Crippen molar-refractivity contribution in [3.63, 3.8) is 0 Å². The lowest BCUT2D eigenvalue weighted by Gasteiger charge is -2.09. The number of benzene rings is 3. The zero-order valence-corrected chi connectivity index (χ0v) is 13.9. The normalized spacial score (nSPS) is 10.8. The molecule has 5 heteroatoms. The summed E-state index contributed by atoms with van der Waals surface area (Å²) in [5.74, 6) is 0.669. The Morgan fingerprint density at radius 2 is 1.50 bits per heavy atom. The summed E-state index contributed by atoms with van der Waals surface area (Å²) in [7, 11) is 0. The number of H-pyrrole nitrogens is 1. The molecule has 4 rings (SSSR count). The van der Waals surface area contributed by atoms with E-state index in [1.54, 1.807) is 48.5 Å². The van der Waals surface area contributed by atoms with Crippen LogP contribution in [-0.4, -0.2) is 9.55 Å². The summed E-state index contributed by atoms with van der Waals surface area (Å²) in [5.41, 5.74) is 1.28. The zero-order chi connectivity index (χ0) is 17.9. The summed E-state index contributed by atoms with van der Waals surface area (Å²) in [4.78, 5) is 27.7. The number of rotatable bonds is 4. The van der Waals surface area contributed by atoms with Crippen molar-refractivity contribution in [3.8, 4) is 11.4 Å². The summed E-state index contributed by atoms with van der Waals surface area (Å²) in [5, 5.41) is 0.469. The molecule has 128 valence electrons. The molecule has 0 saturated carbocycles. The first kappa shape index (κ1) is 15.9. The highest BCUT2D eigenvalue weighted by Gasteiger charge is 2.09. The monoisotopic (exact) mass is 344 g/mol. The van der Waals surface area contributed by atoms with E-state index in [4.69, 9.17) is 4.74 Å². The van der Waals surface area contributed by atoms with E-state index < -0.39 is 5.69 Å². The number of aromatic amines is 1. The van der Waals surface area contributed by atoms with E-state index >= 15 is 0 Å². The summed E-state index contributed by atoms with van der Waals surface area (Å²) < 4.78 is 6.87. The lowest BCUT2D eigenvalue weighted by atomic mass is 10.2. The van der Waals surface area contributed by atoms with Crippen molar-refractivity contribution in [3.05, 3.63) is 105 Å². The molecule has 0 aliphatic carbocycles. The van der Waals surface area contributed by atoms with Crippen molar-refractivity contribution in [2.45, 2.75) is 6.61 Å². The molecule has 0 amide bonds. The van der Waals surface area contributed by atoms with E-state index in [9.17, 15) is 9.59 Å². The van der Waals surface area contributed by atoms with Crippen molar-refractivity contribution < 1.29 is 4.74 Å². The van der Waals surface area contributed by atoms with Crippen LogP contribution in [0, 0.1) is 0 Å². The minimum atomic E-state index is -0.466. The molecule has 0 radical (unpaired) electrons. The molecule has 0 saturated heterocycles. The van der Waals surface area contributed by atoms with E-state index in [2.05, 4.69) is 4.98 Å². The molecule has 0 fully saturated rings. The van der Waals surface area contributed by atoms with Crippen molar-refractivity contribution in [1.29, 1.82) is 0 Å². The summed E-state index contributed by atoms with van der Waals surface area (Å²) >= 11 is 0. The van der Waals surface area contributed by atoms with Gasteiger partial charge in [0, 0.05) is 0 Å². The van der Waals surface area contributed by atoms with Crippen molar-refractivity contribution in [2.24, 2.45) is 0 Å². The highest BCUT2D eigenvalue weighted by atomic mass is 16.5. The average Bonchev–Trinajstić information content (AvgIpc) is 2.68. The Labute approximate surface area is 149 Å². The number of nitrogens with zero attached hydrogens (tertiary/aromatic N) is 1. The summed E-state index contributed by atoms with van der Waals surface area (Å²) in [6, 6.07) is 23.7. The van der Waals surface area contributed by atoms with E-state index in [0.717, 1.165) is 10.1 Å². The molecule has 26 heavy (non-hydrogen) atoms. The predicted molar refractivity (Wildman–Crippen MR) is 101 cm³/mol. The Morgan fingerprint density at radius 1 is 0.808 bits per heavy atom. The van der Waals surface area contributed by atoms with Crippen LogP contribution in [-0.2, 0) is 6.61 Å². The van der Waals surface area contributed by atoms with Crippen LogP contribution in [0.4, 0.5) is 0 Å². The van der Waals surface area contributed by atoms with Gasteiger partial charge in [0.05, 0.1) is 16.6 Å². The number of nitrogens with one attached hydrogen (secondary N) is 1. The summed E-state index contributed by atoms with van der Waals surface area (Å²) in [6.07, 6.45) is 0. The van der Waals surface area contributed by atoms with Gasteiger partial charge in [-0.05, 0) is 42.0 Å². The molecular formula is C21H16N2O3. The second-order valence-corrected chi connectivity index (χ2v) is 5.88. The third kappa shape index (κ3) is 3.02. The van der Waals surface area contributed by atoms with Gasteiger partial charge in [0.15, 0.2) is 0 Å². The molecule has 0 aliphatic rings. The number of hydrogen-bond acceptors (Lipinski definition) is 3. The SMILES string of the molecule is O=c1[nH]c2ccccc2c(=O)n1-c1ccc(OCc2ccccc2)cc1. The number of para-hydroxylation sites is 1. The van der Waals surface area contributed by atoms with E-state index in [1.165, 1.54) is 0 Å². The van der Waals surface area contributed by atoms with Crippen LogP contribution >= 0.6 is 0 Å². The molecule has 1 heterocycles. The van der Waals surface area contributed by atoms with Crippen molar-refractivity contribution in [2.75, 3.05) is 0 Å². The topological polar surface area (TPSA) is 64.1 Å². The fourth-order valence-corrected chi connectivity index (χ4v) is 2.83. The van der Waals surface area contributed by atoms with Crippen LogP contribution in [0.3, 0.4) is 0 Å². The molecule has 3 aromatic carbocycles. The largest absolute Gasteiger partial charge is 0.489 e. The van der Waals surface area contributed by atoms with Crippen LogP contribution in [0.15, 0.2) is 88.5 Å². The maximum absolute atomic E-state index is 12.7. The fraction of sp³-hybridized carbons (Fsp3) is 0.0476. The van der Waals surface area contributed by atoms with Crippen LogP contribution in [0.25, 0.3) is 16.6 Å². The van der Waals surface area contributed by atoms with Crippen LogP contribution in [0.2, 0.25) is 0 Å². The van der Waals surface area contributed by atoms with Crippen molar-refractivity contribution in [1.82, 2.24) is 9.55 Å². The van der Waals surface area contributed by atoms with Gasteiger partial charge >= 0.3 is 5.69 Å². The molecule has 5 nitrogen and oxygen atoms in total. The molecule has 1 N–H and O–H groups in total. The Morgan fingerprint density at radius 3 is 2.27 bits per heavy atom. The van der Waals surface area contributed by atoms with Gasteiger partial charge < -0.3 is 9.72 Å². The van der Waals surface area contributed by atoms with Crippen LogP contribution < -0.4 is 16.0 Å². The molecule has 0 bridgehead atoms. The summed E-state index contributed by atoms with van der Waals surface area (Å²) in [6.45, 7) is 0.455. The number of aromatic nitrogens is 2. The Balaban J connectivity index is 1.64. The fourth-order valence-electron chi connectivity index (χ4n) is 2.83. The van der Waals surface area contributed by atoms with Gasteiger partial charge in [-0.3, -0.25) is 4.79 Å². The molecule has 0 unspecified atom stereocenters. The number of fused-ring (bicyclic) bond motifs is 1. The lowest BCUT2D eigenvalue weighted by molar-refractivity contribution is 0.306. The standard InChI is InChI=1S/C21H16N2O3/c24-20-18-8-4-5-9-19(18)22-21(25)23(20)16-10-12-17(13-11-16)26-14-15-6-2-1-3-7-15/h1-13H,14H2,(H,22,25). The van der Waals surface area contributed by atoms with Crippen LogP contribution in [0.5, 0.6) is 5.75 Å². The van der Waals surface area contributed by atoms with Gasteiger partial charge in [0.1, 0.15) is 12.4 Å². The maximum Gasteiger partial charge on any atom is 0.333 e. The average molecular weight is 344 g/mol. The number of hydrogen-bond donors (Lipinski definition) is 1. The van der Waals surface area contributed by atoms with Gasteiger partial charge in [-0.25, -0.2) is 9.36 Å². The molecular weight excluding hydrogens is 328 g/mol. The predicted octanol–water partition coefficient (Wildman–Crippen LogP) is 3.26. The molecule has 0 spiro atoms. The molecule has 1 aromatic heterocycles. The Hall–Kier alpha value is -3.60. The maximum atomic E-state index is 12.7. The Kier molecular flexibility index (Phi) is 4.11. The second-order valence-electron chi connectivity index (χ2n) is 5.88. The number of ether oxygens (including phenoxy) is 1. The molecule has 4 aromatic rings. The lowest BCUT2D eigenvalue weighted by Crippen LogP contribution is -2.33. The highest BCUT2D eigenvalue weighted by molar-refractivity contribution is 5.77.